The first-order valence-corrected chi connectivity index (χ1v) is 8.64. The molecule has 1 heterocycles. The van der Waals surface area contributed by atoms with E-state index in [9.17, 15) is 0 Å². The summed E-state index contributed by atoms with van der Waals surface area (Å²) < 4.78 is 0. The molecule has 1 aliphatic heterocycles. The molecular weight excluding hydrogens is 243 g/mol. The van der Waals surface area contributed by atoms with E-state index in [0.29, 0.717) is 0 Å². The van der Waals surface area contributed by atoms with Crippen LogP contribution in [0.25, 0.3) is 5.57 Å². The zero-order valence-corrected chi connectivity index (χ0v) is 13.9. The number of hydrogen-bond acceptors (Lipinski definition) is 0. The van der Waals surface area contributed by atoms with Gasteiger partial charge in [-0.1, -0.05) is 60.6 Å². The van der Waals surface area contributed by atoms with Gasteiger partial charge in [0, 0.05) is 10.2 Å². The molecule has 2 bridgehead atoms. The van der Waals surface area contributed by atoms with Gasteiger partial charge in [0.2, 0.25) is 0 Å². The van der Waals surface area contributed by atoms with Gasteiger partial charge < -0.3 is 0 Å². The first-order chi connectivity index (χ1) is 9.28. The van der Waals surface area contributed by atoms with Gasteiger partial charge in [-0.25, -0.2) is 0 Å². The van der Waals surface area contributed by atoms with Crippen LogP contribution in [-0.2, 0) is 0 Å². The van der Waals surface area contributed by atoms with Crippen molar-refractivity contribution in [3.8, 4) is 0 Å². The van der Waals surface area contributed by atoms with Crippen LogP contribution >= 0.6 is 0 Å². The second kappa shape index (κ2) is 5.54. The minimum Gasteiger partial charge on any atom is -0.104 e. The second-order valence-corrected chi connectivity index (χ2v) is 7.47. The third-order valence-corrected chi connectivity index (χ3v) is 6.53. The van der Waals surface area contributed by atoms with Crippen LogP contribution in [0.5, 0.6) is 0 Å². The molecule has 19 heavy (non-hydrogen) atoms. The van der Waals surface area contributed by atoms with Crippen LogP contribution < -0.4 is 0 Å². The van der Waals surface area contributed by atoms with Crippen LogP contribution in [0.2, 0.25) is 19.0 Å². The van der Waals surface area contributed by atoms with E-state index in [2.05, 4.69) is 43.0 Å². The van der Waals surface area contributed by atoms with Gasteiger partial charge in [0.15, 0.2) is 0 Å². The van der Waals surface area contributed by atoms with Gasteiger partial charge in [-0.15, -0.1) is 6.58 Å². The highest BCUT2D eigenvalue weighted by Gasteiger charge is 2.35. The molecule has 2 unspecified atom stereocenters. The van der Waals surface area contributed by atoms with Crippen molar-refractivity contribution in [3.63, 3.8) is 0 Å². The minimum absolute atomic E-state index is 0.888. The van der Waals surface area contributed by atoms with E-state index in [0.717, 1.165) is 18.5 Å². The third-order valence-electron chi connectivity index (χ3n) is 5.11. The Kier molecular flexibility index (Phi) is 3.79. The topological polar surface area (TPSA) is 0 Å². The average Bonchev–Trinajstić information content (AvgIpc) is 2.44. The van der Waals surface area contributed by atoms with Crippen LogP contribution in [0.15, 0.2) is 48.2 Å². The molecule has 2 aliphatic rings. The van der Waals surface area contributed by atoms with E-state index in [-0.39, 0.29) is 0 Å². The summed E-state index contributed by atoms with van der Waals surface area (Å²) in [6.07, 6.45) is 8.98. The Morgan fingerprint density at radius 2 is 2.05 bits per heavy atom. The van der Waals surface area contributed by atoms with Crippen LogP contribution in [0.3, 0.4) is 0 Å². The molecule has 1 aromatic carbocycles. The molecule has 1 saturated heterocycles. The summed E-state index contributed by atoms with van der Waals surface area (Å²) in [7, 11) is 1.24. The molecule has 2 atom stereocenters. The first-order valence-electron chi connectivity index (χ1n) is 7.64. The molecule has 3 rings (SSSR count). The van der Waals surface area contributed by atoms with Gasteiger partial charge in [-0.05, 0) is 35.8 Å². The maximum Gasteiger partial charge on any atom is 0.144 e. The quantitative estimate of drug-likeness (QED) is 0.580. The molecule has 0 aromatic heterocycles. The second-order valence-electron chi connectivity index (χ2n) is 6.39. The fraction of sp³-hybridized carbons (Fsp3) is 0.412. The lowest BCUT2D eigenvalue weighted by molar-refractivity contribution is 0.422. The van der Waals surface area contributed by atoms with Crippen LogP contribution in [0, 0.1) is 11.8 Å². The van der Waals surface area contributed by atoms with Crippen molar-refractivity contribution in [1.29, 1.82) is 0 Å². The number of allylic oxidation sites excluding steroid dienone is 3. The van der Waals surface area contributed by atoms with Crippen molar-refractivity contribution in [2.45, 2.75) is 31.8 Å². The van der Waals surface area contributed by atoms with Gasteiger partial charge in [0.05, 0.1) is 0 Å². The largest absolute Gasteiger partial charge is 0.144 e. The van der Waals surface area contributed by atoms with Gasteiger partial charge in [0.25, 0.3) is 0 Å². The predicted octanol–water partition coefficient (Wildman–Crippen LogP) is 3.48. The van der Waals surface area contributed by atoms with Crippen LogP contribution in [0.1, 0.15) is 18.4 Å². The lowest BCUT2D eigenvalue weighted by atomic mass is 9.35. The summed E-state index contributed by atoms with van der Waals surface area (Å²) in [5, 5.41) is 1.80. The van der Waals surface area contributed by atoms with Gasteiger partial charge in [-0.3, -0.25) is 0 Å². The molecule has 0 amide bonds. The first kappa shape index (κ1) is 13.0. The molecule has 0 nitrogen and oxygen atoms in total. The molecule has 0 saturated carbocycles. The molecular formula is C17H23BSi. The lowest BCUT2D eigenvalue weighted by Crippen LogP contribution is -2.32. The standard InChI is InChI=1S/C17H23BSi/c1-2-8-18-11-13-9-15(12-18)17(19)16(10-13)14-6-4-3-5-7-14/h2-7,13,15H,1,8-12H2,19H3. The number of rotatable bonds is 3. The SMILES string of the molecule is C=CCB1CC2CC(c3ccccc3)=C([SiH3])C(C1)C2. The van der Waals surface area contributed by atoms with Crippen LogP contribution in [-0.4, -0.2) is 17.0 Å². The maximum atomic E-state index is 3.93. The Morgan fingerprint density at radius 3 is 2.79 bits per heavy atom. The summed E-state index contributed by atoms with van der Waals surface area (Å²) in [5.74, 6) is 1.82. The van der Waals surface area contributed by atoms with E-state index >= 15 is 0 Å². The number of fused-ring (bicyclic) bond motifs is 2. The summed E-state index contributed by atoms with van der Waals surface area (Å²) in [6.45, 7) is 4.83. The summed E-state index contributed by atoms with van der Waals surface area (Å²) in [4.78, 5) is 0. The van der Waals surface area contributed by atoms with Crippen molar-refractivity contribution in [1.82, 2.24) is 0 Å². The smallest absolute Gasteiger partial charge is 0.104 e. The van der Waals surface area contributed by atoms with Crippen molar-refractivity contribution >= 4 is 22.5 Å². The Bertz CT molecular complexity index is 491. The third kappa shape index (κ3) is 2.64. The van der Waals surface area contributed by atoms with Crippen LogP contribution in [0.4, 0.5) is 0 Å². The summed E-state index contributed by atoms with van der Waals surface area (Å²) >= 11 is 0. The van der Waals surface area contributed by atoms with E-state index in [1.165, 1.54) is 47.6 Å². The monoisotopic (exact) mass is 266 g/mol. The van der Waals surface area contributed by atoms with Crippen molar-refractivity contribution in [3.05, 3.63) is 53.7 Å². The zero-order chi connectivity index (χ0) is 13.2. The summed E-state index contributed by atoms with van der Waals surface area (Å²) in [6, 6.07) is 11.1. The Morgan fingerprint density at radius 1 is 1.26 bits per heavy atom. The predicted molar refractivity (Wildman–Crippen MR) is 89.9 cm³/mol. The molecule has 0 spiro atoms. The number of hydrogen-bond donors (Lipinski definition) is 0. The van der Waals surface area contributed by atoms with Gasteiger partial charge >= 0.3 is 0 Å². The average molecular weight is 266 g/mol. The highest BCUT2D eigenvalue weighted by atomic mass is 28.1. The number of benzene rings is 1. The molecule has 98 valence electrons. The Labute approximate surface area is 120 Å². The van der Waals surface area contributed by atoms with Crippen molar-refractivity contribution in [2.75, 3.05) is 0 Å². The molecule has 2 heteroatoms. The maximum absolute atomic E-state index is 3.93. The molecule has 1 fully saturated rings. The van der Waals surface area contributed by atoms with E-state index in [4.69, 9.17) is 0 Å². The summed E-state index contributed by atoms with van der Waals surface area (Å²) in [5.41, 5.74) is 3.19. The van der Waals surface area contributed by atoms with Crippen molar-refractivity contribution < 1.29 is 0 Å². The normalized spacial score (nSPS) is 26.6. The molecule has 1 aliphatic carbocycles. The Balaban J connectivity index is 1.88. The molecule has 0 radical (unpaired) electrons. The molecule has 0 N–H and O–H groups in total. The van der Waals surface area contributed by atoms with Gasteiger partial charge in [-0.2, -0.15) is 0 Å². The van der Waals surface area contributed by atoms with Crippen molar-refractivity contribution in [2.24, 2.45) is 11.8 Å². The lowest BCUT2D eigenvalue weighted by Gasteiger charge is -2.40. The van der Waals surface area contributed by atoms with Gasteiger partial charge in [0.1, 0.15) is 6.71 Å². The van der Waals surface area contributed by atoms with E-state index in [1.54, 1.807) is 10.8 Å². The van der Waals surface area contributed by atoms with E-state index in [1.807, 2.05) is 0 Å². The highest BCUT2D eigenvalue weighted by Crippen LogP contribution is 2.46. The minimum atomic E-state index is 0.888. The fourth-order valence-electron chi connectivity index (χ4n) is 4.19. The Hall–Kier alpha value is -1.02. The zero-order valence-electron chi connectivity index (χ0n) is 11.9. The highest BCUT2D eigenvalue weighted by molar-refractivity contribution is 6.60. The fourth-order valence-corrected chi connectivity index (χ4v) is 5.16. The molecule has 1 aromatic rings. The van der Waals surface area contributed by atoms with E-state index < -0.39 is 0 Å².